The highest BCUT2D eigenvalue weighted by molar-refractivity contribution is 6.26. The second kappa shape index (κ2) is 2.62. The summed E-state index contributed by atoms with van der Waals surface area (Å²) in [5.74, 6) is 0.463. The van der Waals surface area contributed by atoms with Crippen LogP contribution in [0.2, 0.25) is 0 Å². The number of imide groups is 1. The Morgan fingerprint density at radius 1 is 1.33 bits per heavy atom. The van der Waals surface area contributed by atoms with Gasteiger partial charge in [-0.15, -0.1) is 0 Å². The molecule has 4 heteroatoms. The van der Waals surface area contributed by atoms with Gasteiger partial charge in [-0.1, -0.05) is 0 Å². The summed E-state index contributed by atoms with van der Waals surface area (Å²) in [5, 5.41) is 2.18. The van der Waals surface area contributed by atoms with Gasteiger partial charge >= 0.3 is 11.9 Å². The molecule has 0 spiro atoms. The van der Waals surface area contributed by atoms with Crippen LogP contribution in [0.25, 0.3) is 0 Å². The van der Waals surface area contributed by atoms with Crippen molar-refractivity contribution in [2.75, 3.05) is 0 Å². The predicted octanol–water partition coefficient (Wildman–Crippen LogP) is 0.826. The molecule has 0 unspecified atom stereocenters. The van der Waals surface area contributed by atoms with E-state index in [-0.39, 0.29) is 5.91 Å². The van der Waals surface area contributed by atoms with Crippen molar-refractivity contribution in [3.8, 4) is 0 Å². The van der Waals surface area contributed by atoms with Gasteiger partial charge in [0.25, 0.3) is 0 Å². The van der Waals surface area contributed by atoms with Crippen molar-refractivity contribution in [1.29, 1.82) is 0 Å². The average Bonchev–Trinajstić information content (AvgIpc) is 2.04. The molecule has 1 heterocycles. The Morgan fingerprint density at radius 3 is 3.00 bits per heavy atom. The van der Waals surface area contributed by atoms with Crippen LogP contribution in [0.15, 0.2) is 4.99 Å². The molecular weight excluding hydrogens is 156 g/mol. The molecule has 1 fully saturated rings. The van der Waals surface area contributed by atoms with Gasteiger partial charge in [-0.2, -0.15) is 4.99 Å². The van der Waals surface area contributed by atoms with Gasteiger partial charge in [0.1, 0.15) is 6.42 Å². The van der Waals surface area contributed by atoms with E-state index in [1.165, 1.54) is 0 Å². The lowest BCUT2D eigenvalue weighted by molar-refractivity contribution is -0.117. The van der Waals surface area contributed by atoms with E-state index >= 15 is 0 Å². The molecule has 4 nitrogen and oxygen atoms in total. The number of aliphatic imine (C=N–C) groups is 1. The molecule has 0 aromatic carbocycles. The van der Waals surface area contributed by atoms with Crippen LogP contribution in [0.1, 0.15) is 25.7 Å². The standard InChI is InChI=1S/C8H8N2O2/c11-7-5-3-1-2-4-6(5)9-8(12)10-7/h1-4H2/p+1. The molecule has 1 N–H and O–H groups in total. The number of hydrogen-bond acceptors (Lipinski definition) is 2. The molecule has 62 valence electrons. The molecule has 1 saturated carbocycles. The van der Waals surface area contributed by atoms with Crippen LogP contribution in [0.5, 0.6) is 0 Å². The largest absolute Gasteiger partial charge is 0.420 e. The van der Waals surface area contributed by atoms with Crippen LogP contribution in [0, 0.1) is 5.92 Å². The van der Waals surface area contributed by atoms with Gasteiger partial charge in [0.15, 0.2) is 0 Å². The molecule has 0 saturated heterocycles. The molecule has 0 bridgehead atoms. The summed E-state index contributed by atoms with van der Waals surface area (Å²) in [5.41, 5.74) is 0.704. The van der Waals surface area contributed by atoms with E-state index in [4.69, 9.17) is 0 Å². The minimum absolute atomic E-state index is 0.246. The van der Waals surface area contributed by atoms with E-state index in [1.807, 2.05) is 0 Å². The van der Waals surface area contributed by atoms with Crippen LogP contribution >= 0.6 is 0 Å². The SMILES string of the molecule is O=C1N=C2CCCC[C+]2C(=O)N1. The number of hydrogen-bond donors (Lipinski definition) is 1. The molecule has 1 aliphatic heterocycles. The van der Waals surface area contributed by atoms with E-state index in [9.17, 15) is 9.59 Å². The quantitative estimate of drug-likeness (QED) is 0.540. The predicted molar refractivity (Wildman–Crippen MR) is 42.7 cm³/mol. The Balaban J connectivity index is 2.28. The van der Waals surface area contributed by atoms with Gasteiger partial charge in [0.2, 0.25) is 11.6 Å². The number of nitrogens with one attached hydrogen (secondary N) is 1. The third-order valence-electron chi connectivity index (χ3n) is 2.17. The Bertz CT molecular complexity index is 270. The van der Waals surface area contributed by atoms with Crippen LogP contribution in [0.4, 0.5) is 4.79 Å². The van der Waals surface area contributed by atoms with Gasteiger partial charge in [0.05, 0.1) is 0 Å². The first-order valence-electron chi connectivity index (χ1n) is 4.06. The third-order valence-corrected chi connectivity index (χ3v) is 2.17. The second-order valence-corrected chi connectivity index (χ2v) is 3.00. The lowest BCUT2D eigenvalue weighted by atomic mass is 9.86. The zero-order valence-corrected chi connectivity index (χ0v) is 6.59. The Morgan fingerprint density at radius 2 is 2.17 bits per heavy atom. The number of rotatable bonds is 0. The maximum absolute atomic E-state index is 11.2. The first kappa shape index (κ1) is 7.34. The molecule has 0 atom stereocenters. The lowest BCUT2D eigenvalue weighted by Crippen LogP contribution is -2.42. The monoisotopic (exact) mass is 165 g/mol. The summed E-state index contributed by atoms with van der Waals surface area (Å²) in [6.45, 7) is 0. The Labute approximate surface area is 70.1 Å². The van der Waals surface area contributed by atoms with Gasteiger partial charge in [-0.3, -0.25) is 0 Å². The molecule has 0 aromatic heterocycles. The summed E-state index contributed by atoms with van der Waals surface area (Å²) < 4.78 is 0. The number of carbonyl (C=O) groups is 2. The highest BCUT2D eigenvalue weighted by Gasteiger charge is 2.44. The maximum Gasteiger partial charge on any atom is 0.420 e. The smallest absolute Gasteiger partial charge is 0.246 e. The minimum atomic E-state index is -0.513. The third kappa shape index (κ3) is 1.09. The lowest BCUT2D eigenvalue weighted by Gasteiger charge is -2.14. The van der Waals surface area contributed by atoms with Gasteiger partial charge in [-0.05, 0) is 12.8 Å². The van der Waals surface area contributed by atoms with E-state index < -0.39 is 6.03 Å². The Hall–Kier alpha value is -1.32. The number of amides is 3. The first-order chi connectivity index (χ1) is 5.77. The molecule has 3 amide bonds. The van der Waals surface area contributed by atoms with Crippen molar-refractivity contribution in [3.05, 3.63) is 5.92 Å². The van der Waals surface area contributed by atoms with E-state index in [2.05, 4.69) is 10.3 Å². The summed E-state index contributed by atoms with van der Waals surface area (Å²) in [7, 11) is 0. The minimum Gasteiger partial charge on any atom is -0.246 e. The number of nitrogens with zero attached hydrogens (tertiary/aromatic N) is 1. The average molecular weight is 165 g/mol. The summed E-state index contributed by atoms with van der Waals surface area (Å²) >= 11 is 0. The van der Waals surface area contributed by atoms with Crippen molar-refractivity contribution in [3.63, 3.8) is 0 Å². The summed E-state index contributed by atoms with van der Waals surface area (Å²) in [6, 6.07) is -0.513. The number of urea groups is 1. The van der Waals surface area contributed by atoms with Crippen molar-refractivity contribution < 1.29 is 9.59 Å². The summed E-state index contributed by atoms with van der Waals surface area (Å²) in [4.78, 5) is 25.7. The van der Waals surface area contributed by atoms with Crippen LogP contribution in [-0.4, -0.2) is 17.6 Å². The molecule has 0 radical (unpaired) electrons. The number of fused-ring (bicyclic) bond motifs is 1. The van der Waals surface area contributed by atoms with Gasteiger partial charge in [0, 0.05) is 6.42 Å². The topological polar surface area (TPSA) is 58.5 Å². The molecule has 2 aliphatic rings. The normalized spacial score (nSPS) is 23.0. The zero-order valence-electron chi connectivity index (χ0n) is 6.59. The van der Waals surface area contributed by atoms with Crippen molar-refractivity contribution in [2.45, 2.75) is 25.7 Å². The van der Waals surface area contributed by atoms with Gasteiger partial charge < -0.3 is 0 Å². The fourth-order valence-electron chi connectivity index (χ4n) is 1.58. The first-order valence-corrected chi connectivity index (χ1v) is 4.06. The van der Waals surface area contributed by atoms with E-state index in [1.54, 1.807) is 0 Å². The van der Waals surface area contributed by atoms with Crippen LogP contribution in [-0.2, 0) is 4.79 Å². The Kier molecular flexibility index (Phi) is 1.60. The van der Waals surface area contributed by atoms with Crippen molar-refractivity contribution in [2.24, 2.45) is 4.99 Å². The molecule has 2 rings (SSSR count). The van der Waals surface area contributed by atoms with E-state index in [0.717, 1.165) is 25.7 Å². The summed E-state index contributed by atoms with van der Waals surface area (Å²) in [6.07, 6.45) is 3.59. The van der Waals surface area contributed by atoms with Crippen molar-refractivity contribution >= 4 is 17.6 Å². The maximum atomic E-state index is 11.2. The van der Waals surface area contributed by atoms with Crippen LogP contribution < -0.4 is 5.32 Å². The highest BCUT2D eigenvalue weighted by atomic mass is 16.2. The zero-order chi connectivity index (χ0) is 8.55. The number of carbonyl (C=O) groups excluding carboxylic acids is 2. The second-order valence-electron chi connectivity index (χ2n) is 3.00. The molecule has 12 heavy (non-hydrogen) atoms. The molecular formula is C8H9N2O2+. The van der Waals surface area contributed by atoms with Gasteiger partial charge in [-0.25, -0.2) is 14.9 Å². The fraction of sp³-hybridized carbons (Fsp3) is 0.500. The van der Waals surface area contributed by atoms with Crippen LogP contribution in [0.3, 0.4) is 0 Å². The van der Waals surface area contributed by atoms with E-state index in [0.29, 0.717) is 11.6 Å². The molecule has 1 aliphatic carbocycles. The highest BCUT2D eigenvalue weighted by Crippen LogP contribution is 2.25. The van der Waals surface area contributed by atoms with Crippen molar-refractivity contribution in [1.82, 2.24) is 5.32 Å². The molecule has 0 aromatic rings. The fourth-order valence-corrected chi connectivity index (χ4v) is 1.58.